The van der Waals surface area contributed by atoms with Crippen LogP contribution < -0.4 is 5.32 Å². The summed E-state index contributed by atoms with van der Waals surface area (Å²) in [6.45, 7) is 5.21. The second kappa shape index (κ2) is 5.39. The van der Waals surface area contributed by atoms with Crippen LogP contribution in [0.3, 0.4) is 0 Å². The molecule has 19 heavy (non-hydrogen) atoms. The van der Waals surface area contributed by atoms with Gasteiger partial charge < -0.3 is 5.32 Å². The zero-order valence-electron chi connectivity index (χ0n) is 11.2. The zero-order chi connectivity index (χ0) is 13.4. The molecule has 2 aliphatic rings. The molecule has 2 atom stereocenters. The summed E-state index contributed by atoms with van der Waals surface area (Å²) >= 11 is 5.85. The highest BCUT2D eigenvalue weighted by molar-refractivity contribution is 6.30. The van der Waals surface area contributed by atoms with Crippen LogP contribution in [0.25, 0.3) is 0 Å². The average Bonchev–Trinajstić information content (AvgIpc) is 3.21. The van der Waals surface area contributed by atoms with Crippen molar-refractivity contribution in [1.82, 2.24) is 10.2 Å². The highest BCUT2D eigenvalue weighted by Gasteiger charge is 2.35. The molecular weight excluding hydrogens is 263 g/mol. The van der Waals surface area contributed by atoms with E-state index in [9.17, 15) is 4.39 Å². The summed E-state index contributed by atoms with van der Waals surface area (Å²) in [4.78, 5) is 2.48. The van der Waals surface area contributed by atoms with E-state index in [0.29, 0.717) is 12.1 Å². The van der Waals surface area contributed by atoms with E-state index in [1.807, 2.05) is 6.07 Å². The predicted octanol–water partition coefficient (Wildman–Crippen LogP) is 3.05. The largest absolute Gasteiger partial charge is 0.311 e. The molecular formula is C15H20ClFN2. The Bertz CT molecular complexity index is 461. The van der Waals surface area contributed by atoms with Gasteiger partial charge in [-0.2, -0.15) is 0 Å². The third kappa shape index (κ3) is 3.10. The van der Waals surface area contributed by atoms with Gasteiger partial charge in [0.2, 0.25) is 0 Å². The topological polar surface area (TPSA) is 15.3 Å². The smallest absolute Gasteiger partial charge is 0.141 e. The van der Waals surface area contributed by atoms with Gasteiger partial charge >= 0.3 is 0 Å². The maximum atomic E-state index is 13.2. The molecule has 2 unspecified atom stereocenters. The Labute approximate surface area is 118 Å². The fourth-order valence-corrected chi connectivity index (χ4v) is 3.06. The maximum absolute atomic E-state index is 13.2. The monoisotopic (exact) mass is 282 g/mol. The SMILES string of the molecule is CC1CNC(C2CC2)CN1Cc1ccc(F)c(Cl)c1. The van der Waals surface area contributed by atoms with E-state index in [0.717, 1.165) is 31.1 Å². The molecule has 0 bridgehead atoms. The number of benzene rings is 1. The van der Waals surface area contributed by atoms with Crippen molar-refractivity contribution >= 4 is 11.6 Å². The van der Waals surface area contributed by atoms with Gasteiger partial charge in [-0.3, -0.25) is 4.90 Å². The summed E-state index contributed by atoms with van der Waals surface area (Å²) < 4.78 is 13.2. The lowest BCUT2D eigenvalue weighted by molar-refractivity contribution is 0.125. The van der Waals surface area contributed by atoms with Crippen LogP contribution in [0.2, 0.25) is 5.02 Å². The van der Waals surface area contributed by atoms with Gasteiger partial charge in [0.25, 0.3) is 0 Å². The number of hydrogen-bond donors (Lipinski definition) is 1. The van der Waals surface area contributed by atoms with Crippen molar-refractivity contribution in [3.05, 3.63) is 34.6 Å². The third-order valence-electron chi connectivity index (χ3n) is 4.29. The molecule has 1 aromatic carbocycles. The van der Waals surface area contributed by atoms with Crippen LogP contribution in [0.15, 0.2) is 18.2 Å². The molecule has 0 amide bonds. The Balaban J connectivity index is 1.67. The van der Waals surface area contributed by atoms with Gasteiger partial charge in [0.15, 0.2) is 0 Å². The molecule has 0 radical (unpaired) electrons. The maximum Gasteiger partial charge on any atom is 0.141 e. The minimum Gasteiger partial charge on any atom is -0.311 e. The predicted molar refractivity (Wildman–Crippen MR) is 75.8 cm³/mol. The second-order valence-corrected chi connectivity index (χ2v) is 6.29. The van der Waals surface area contributed by atoms with Gasteiger partial charge in [-0.25, -0.2) is 4.39 Å². The first-order chi connectivity index (χ1) is 9.13. The highest BCUT2D eigenvalue weighted by Crippen LogP contribution is 2.34. The summed E-state index contributed by atoms with van der Waals surface area (Å²) in [5.41, 5.74) is 1.09. The van der Waals surface area contributed by atoms with E-state index in [4.69, 9.17) is 11.6 Å². The molecule has 1 aliphatic carbocycles. The van der Waals surface area contributed by atoms with Gasteiger partial charge in [-0.1, -0.05) is 17.7 Å². The molecule has 1 saturated carbocycles. The van der Waals surface area contributed by atoms with Crippen LogP contribution in [-0.2, 0) is 6.54 Å². The summed E-state index contributed by atoms with van der Waals surface area (Å²) in [7, 11) is 0. The van der Waals surface area contributed by atoms with E-state index in [1.165, 1.54) is 18.9 Å². The number of rotatable bonds is 3. The van der Waals surface area contributed by atoms with Gasteiger partial charge in [-0.15, -0.1) is 0 Å². The van der Waals surface area contributed by atoms with Crippen molar-refractivity contribution in [3.8, 4) is 0 Å². The Morgan fingerprint density at radius 1 is 1.42 bits per heavy atom. The van der Waals surface area contributed by atoms with E-state index in [1.54, 1.807) is 6.07 Å². The van der Waals surface area contributed by atoms with E-state index in [2.05, 4.69) is 17.1 Å². The van der Waals surface area contributed by atoms with Crippen molar-refractivity contribution in [1.29, 1.82) is 0 Å². The number of nitrogens with zero attached hydrogens (tertiary/aromatic N) is 1. The Morgan fingerprint density at radius 3 is 2.89 bits per heavy atom. The van der Waals surface area contributed by atoms with Crippen LogP contribution in [0.1, 0.15) is 25.3 Å². The summed E-state index contributed by atoms with van der Waals surface area (Å²) in [5, 5.41) is 3.86. The molecule has 2 nitrogen and oxygen atoms in total. The minimum absolute atomic E-state index is 0.221. The lowest BCUT2D eigenvalue weighted by atomic mass is 10.0. The lowest BCUT2D eigenvalue weighted by Crippen LogP contribution is -2.55. The molecule has 3 rings (SSSR count). The molecule has 1 saturated heterocycles. The Kier molecular flexibility index (Phi) is 3.79. The first-order valence-electron chi connectivity index (χ1n) is 7.05. The molecule has 4 heteroatoms. The van der Waals surface area contributed by atoms with Gasteiger partial charge in [0, 0.05) is 31.7 Å². The van der Waals surface area contributed by atoms with Crippen LogP contribution in [0.5, 0.6) is 0 Å². The summed E-state index contributed by atoms with van der Waals surface area (Å²) in [6, 6.07) is 6.19. The van der Waals surface area contributed by atoms with Crippen LogP contribution in [0, 0.1) is 11.7 Å². The van der Waals surface area contributed by atoms with E-state index >= 15 is 0 Å². The molecule has 1 aliphatic heterocycles. The van der Waals surface area contributed by atoms with Crippen molar-refractivity contribution < 1.29 is 4.39 Å². The Hall–Kier alpha value is -0.640. The fraction of sp³-hybridized carbons (Fsp3) is 0.600. The summed E-state index contributed by atoms with van der Waals surface area (Å²) in [6.07, 6.45) is 2.73. The minimum atomic E-state index is -0.338. The number of hydrogen-bond acceptors (Lipinski definition) is 2. The molecule has 1 heterocycles. The fourth-order valence-electron chi connectivity index (χ4n) is 2.86. The molecule has 104 valence electrons. The van der Waals surface area contributed by atoms with Crippen molar-refractivity contribution in [2.24, 2.45) is 5.92 Å². The van der Waals surface area contributed by atoms with Crippen molar-refractivity contribution in [2.45, 2.75) is 38.4 Å². The standard InChI is InChI=1S/C15H20ClFN2/c1-10-7-18-15(12-3-4-12)9-19(10)8-11-2-5-14(17)13(16)6-11/h2,5-6,10,12,15,18H,3-4,7-9H2,1H3. The third-order valence-corrected chi connectivity index (χ3v) is 4.58. The molecule has 0 spiro atoms. The van der Waals surface area contributed by atoms with Crippen LogP contribution in [0.4, 0.5) is 4.39 Å². The van der Waals surface area contributed by atoms with Crippen molar-refractivity contribution in [2.75, 3.05) is 13.1 Å². The van der Waals surface area contributed by atoms with Gasteiger partial charge in [-0.05, 0) is 43.4 Å². The molecule has 0 aromatic heterocycles. The lowest BCUT2D eigenvalue weighted by Gasteiger charge is -2.39. The number of piperazine rings is 1. The molecule has 1 aromatic rings. The van der Waals surface area contributed by atoms with Crippen LogP contribution in [-0.4, -0.2) is 30.1 Å². The average molecular weight is 283 g/mol. The quantitative estimate of drug-likeness (QED) is 0.917. The van der Waals surface area contributed by atoms with Gasteiger partial charge in [0.1, 0.15) is 5.82 Å². The van der Waals surface area contributed by atoms with Crippen LogP contribution >= 0.6 is 11.6 Å². The van der Waals surface area contributed by atoms with E-state index < -0.39 is 0 Å². The Morgan fingerprint density at radius 2 is 2.21 bits per heavy atom. The zero-order valence-corrected chi connectivity index (χ0v) is 12.0. The number of nitrogens with one attached hydrogen (secondary N) is 1. The first kappa shape index (κ1) is 13.3. The highest BCUT2D eigenvalue weighted by atomic mass is 35.5. The first-order valence-corrected chi connectivity index (χ1v) is 7.42. The van der Waals surface area contributed by atoms with Crippen molar-refractivity contribution in [3.63, 3.8) is 0 Å². The van der Waals surface area contributed by atoms with Gasteiger partial charge in [0.05, 0.1) is 5.02 Å². The van der Waals surface area contributed by atoms with E-state index in [-0.39, 0.29) is 10.8 Å². The molecule has 2 fully saturated rings. The number of halogens is 2. The normalized spacial score (nSPS) is 28.6. The molecule has 1 N–H and O–H groups in total. The summed E-state index contributed by atoms with van der Waals surface area (Å²) in [5.74, 6) is 0.529. The second-order valence-electron chi connectivity index (χ2n) is 5.88.